The Bertz CT molecular complexity index is 3690. The molecule has 5 nitrogen and oxygen atoms in total. The number of hydrogen-bond donors (Lipinski definition) is 0. The van der Waals surface area contributed by atoms with Crippen molar-refractivity contribution in [2.45, 2.75) is 37.5 Å². The fraction of sp³-hybridized carbons (Fsp3) is 0.111. The fourth-order valence-electron chi connectivity index (χ4n) is 9.44. The van der Waals surface area contributed by atoms with Crippen molar-refractivity contribution in [2.75, 3.05) is 0 Å². The van der Waals surface area contributed by atoms with E-state index >= 15 is 0 Å². The Morgan fingerprint density at radius 3 is 2.12 bits per heavy atom. The van der Waals surface area contributed by atoms with Gasteiger partial charge in [0.05, 0.1) is 30.4 Å². The Balaban J connectivity index is 0.00000533. The van der Waals surface area contributed by atoms with E-state index in [0.717, 1.165) is 40.5 Å². The van der Waals surface area contributed by atoms with Crippen LogP contribution in [0.1, 0.15) is 62.4 Å². The van der Waals surface area contributed by atoms with Gasteiger partial charge < -0.3 is 13.9 Å². The summed E-state index contributed by atoms with van der Waals surface area (Å²) in [5.41, 5.74) is 6.53. The largest absolute Gasteiger partial charge is 0.510 e. The molecule has 10 aromatic rings. The second-order valence-electron chi connectivity index (χ2n) is 15.0. The minimum atomic E-state index is -0.566. The summed E-state index contributed by atoms with van der Waals surface area (Å²) in [6.07, 6.45) is 9.91. The molecule has 0 spiro atoms. The standard InChI is InChI=1S/C54H38N4O.Pt/c1-3-15-36(16-4-1)41-23-12-24-42(37-17-5-2-6-18-37)52(41)57-35-56(49-28-9-10-29-50(49)57)38-19-11-20-39(33-38)59-40-30-31-45-47-26-13-25-46-43-21-7-8-22-44(43)48-27-14-32-55-54(48)58(53(46)47)51(45)34-40;/h1-6,9-20,23-32,43-44H,7-8,21-22H2;/q-2;/i1D,2D,3D,4D,5D,6D,15D,16D,17D,18D;. The zero-order valence-electron chi connectivity index (χ0n) is 41.9. The molecule has 1 aliphatic heterocycles. The van der Waals surface area contributed by atoms with Crippen LogP contribution in [0.15, 0.2) is 170 Å². The SMILES string of the molecule is [2H]c1c([2H])c([2H])c(-c2cccc(-c3c([2H])c([2H])c([2H])c([2H])c3[2H])c2-[n+]2[c-]n(-c3[c-]c(Oc4[c-]c5c(cc4)c4cccc6c4n5-c4ncccc4C4CCCCC64)ccc3)c3ccccc32)c([2H])c1[2H].[Pt]. The van der Waals surface area contributed by atoms with Gasteiger partial charge in [-0.25, -0.2) is 4.98 Å². The van der Waals surface area contributed by atoms with Gasteiger partial charge in [0.2, 0.25) is 0 Å². The molecule has 1 fully saturated rings. The summed E-state index contributed by atoms with van der Waals surface area (Å²) in [7, 11) is 0. The van der Waals surface area contributed by atoms with Crippen LogP contribution in [0.4, 0.5) is 0 Å². The van der Waals surface area contributed by atoms with Gasteiger partial charge >= 0.3 is 0 Å². The monoisotopic (exact) mass is 963 g/mol. The van der Waals surface area contributed by atoms with E-state index in [1.165, 1.54) is 24.0 Å². The molecule has 2 atom stereocenters. The van der Waals surface area contributed by atoms with Gasteiger partial charge in [-0.15, -0.1) is 29.7 Å². The summed E-state index contributed by atoms with van der Waals surface area (Å²) < 4.78 is 99.2. The predicted octanol–water partition coefficient (Wildman–Crippen LogP) is 12.7. The summed E-state index contributed by atoms with van der Waals surface area (Å²) >= 11 is 0. The first kappa shape index (κ1) is 27.3. The molecule has 2 unspecified atom stereocenters. The molecule has 7 aromatic carbocycles. The molecule has 0 amide bonds. The van der Waals surface area contributed by atoms with E-state index in [4.69, 9.17) is 23.4 Å². The predicted molar refractivity (Wildman–Crippen MR) is 235 cm³/mol. The van der Waals surface area contributed by atoms with E-state index < -0.39 is 60.4 Å². The van der Waals surface area contributed by atoms with Gasteiger partial charge in [-0.1, -0.05) is 146 Å². The van der Waals surface area contributed by atoms with Crippen LogP contribution >= 0.6 is 0 Å². The molecule has 1 aliphatic carbocycles. The Labute approximate surface area is 377 Å². The van der Waals surface area contributed by atoms with E-state index in [-0.39, 0.29) is 49.0 Å². The van der Waals surface area contributed by atoms with Gasteiger partial charge in [0, 0.05) is 44.3 Å². The van der Waals surface area contributed by atoms with Crippen LogP contribution in [0.25, 0.3) is 72.3 Å². The van der Waals surface area contributed by atoms with Crippen LogP contribution in [0.5, 0.6) is 11.5 Å². The Morgan fingerprint density at radius 1 is 0.650 bits per heavy atom. The van der Waals surface area contributed by atoms with Crippen LogP contribution in [0, 0.1) is 18.5 Å². The first-order valence-corrected chi connectivity index (χ1v) is 19.8. The molecule has 0 saturated heterocycles. The molecule has 60 heavy (non-hydrogen) atoms. The number of rotatable bonds is 6. The molecule has 12 rings (SSSR count). The van der Waals surface area contributed by atoms with Gasteiger partial charge in [-0.2, -0.15) is 18.2 Å². The Morgan fingerprint density at radius 2 is 1.33 bits per heavy atom. The smallest absolute Gasteiger partial charge is 0.268 e. The number of benzene rings is 7. The van der Waals surface area contributed by atoms with Crippen LogP contribution in [0.2, 0.25) is 0 Å². The third-order valence-corrected chi connectivity index (χ3v) is 11.9. The van der Waals surface area contributed by atoms with Crippen molar-refractivity contribution in [3.8, 4) is 50.9 Å². The third-order valence-electron chi connectivity index (χ3n) is 11.9. The van der Waals surface area contributed by atoms with Gasteiger partial charge in [-0.3, -0.25) is 4.57 Å². The van der Waals surface area contributed by atoms with E-state index in [1.54, 1.807) is 33.4 Å². The van der Waals surface area contributed by atoms with Crippen LogP contribution < -0.4 is 9.30 Å². The summed E-state index contributed by atoms with van der Waals surface area (Å²) in [6.45, 7) is 0. The molecule has 3 aromatic heterocycles. The first-order chi connectivity index (χ1) is 33.4. The van der Waals surface area contributed by atoms with Crippen molar-refractivity contribution >= 4 is 32.8 Å². The Kier molecular flexibility index (Phi) is 6.78. The molecule has 0 N–H and O–H groups in total. The zero-order valence-corrected chi connectivity index (χ0v) is 34.2. The van der Waals surface area contributed by atoms with E-state index in [0.29, 0.717) is 40.1 Å². The maximum Gasteiger partial charge on any atom is 0.268 e. The van der Waals surface area contributed by atoms with Crippen molar-refractivity contribution in [3.63, 3.8) is 0 Å². The molecule has 2 aliphatic rings. The number of ether oxygens (including phenoxy) is 1. The van der Waals surface area contributed by atoms with Crippen molar-refractivity contribution in [1.82, 2.24) is 14.1 Å². The molecule has 292 valence electrons. The fourth-order valence-corrected chi connectivity index (χ4v) is 9.44. The van der Waals surface area contributed by atoms with Crippen molar-refractivity contribution in [2.24, 2.45) is 0 Å². The number of aromatic nitrogens is 4. The third kappa shape index (κ3) is 5.86. The Hall–Kier alpha value is -6.55. The van der Waals surface area contributed by atoms with Crippen LogP contribution in [-0.4, -0.2) is 14.1 Å². The number of pyridine rings is 1. The molecule has 0 radical (unpaired) electrons. The van der Waals surface area contributed by atoms with E-state index in [2.05, 4.69) is 53.4 Å². The van der Waals surface area contributed by atoms with Crippen molar-refractivity contribution in [1.29, 1.82) is 0 Å². The van der Waals surface area contributed by atoms with Crippen molar-refractivity contribution < 1.29 is 44.1 Å². The molecular formula is C54H38N4OPt-2. The summed E-state index contributed by atoms with van der Waals surface area (Å²) in [5, 5.41) is 2.19. The summed E-state index contributed by atoms with van der Waals surface area (Å²) in [6, 6.07) is 34.3. The van der Waals surface area contributed by atoms with Crippen LogP contribution in [0.3, 0.4) is 0 Å². The number of imidazole rings is 1. The van der Waals surface area contributed by atoms with E-state index in [9.17, 15) is 0 Å². The van der Waals surface area contributed by atoms with Gasteiger partial charge in [0.15, 0.2) is 0 Å². The molecule has 4 heterocycles. The molecular weight excluding hydrogens is 916 g/mol. The average molecular weight is 964 g/mol. The van der Waals surface area contributed by atoms with Gasteiger partial charge in [-0.05, 0) is 75.2 Å². The maximum atomic E-state index is 9.01. The van der Waals surface area contributed by atoms with Gasteiger partial charge in [0.25, 0.3) is 6.33 Å². The molecule has 0 bridgehead atoms. The van der Waals surface area contributed by atoms with Crippen LogP contribution in [-0.2, 0) is 21.1 Å². The van der Waals surface area contributed by atoms with E-state index in [1.807, 2.05) is 54.7 Å². The number of fused-ring (bicyclic) bond motifs is 9. The number of nitrogens with zero attached hydrogens (tertiary/aromatic N) is 4. The quantitative estimate of drug-likeness (QED) is 0.123. The van der Waals surface area contributed by atoms with Crippen molar-refractivity contribution in [3.05, 3.63) is 199 Å². The number of hydrogen-bond acceptors (Lipinski definition) is 2. The summed E-state index contributed by atoms with van der Waals surface area (Å²) in [5.74, 6) is 2.55. The number of para-hydroxylation sites is 4. The maximum absolute atomic E-state index is 9.01. The second-order valence-corrected chi connectivity index (χ2v) is 15.0. The minimum Gasteiger partial charge on any atom is -0.510 e. The zero-order chi connectivity index (χ0) is 47.6. The molecule has 6 heteroatoms. The van der Waals surface area contributed by atoms with Gasteiger partial charge in [0.1, 0.15) is 5.82 Å². The topological polar surface area (TPSA) is 35.9 Å². The minimum absolute atomic E-state index is 0. The summed E-state index contributed by atoms with van der Waals surface area (Å²) in [4.78, 5) is 5.01. The normalized spacial score (nSPS) is 17.9. The average Bonchev–Trinajstić information content (AvgIpc) is 3.88. The second kappa shape index (κ2) is 14.9. The first-order valence-electron chi connectivity index (χ1n) is 24.8. The molecule has 1 saturated carbocycles.